The van der Waals surface area contributed by atoms with E-state index in [2.05, 4.69) is 39.9 Å². The first kappa shape index (κ1) is 21.8. The van der Waals surface area contributed by atoms with Gasteiger partial charge in [-0.2, -0.15) is 0 Å². The summed E-state index contributed by atoms with van der Waals surface area (Å²) in [6.07, 6.45) is 12.0. The predicted octanol–water partition coefficient (Wildman–Crippen LogP) is 6.07. The molecule has 0 aromatic carbocycles. The number of rotatable bonds is 0. The van der Waals surface area contributed by atoms with Gasteiger partial charge >= 0.3 is 0 Å². The summed E-state index contributed by atoms with van der Waals surface area (Å²) >= 11 is 0. The van der Waals surface area contributed by atoms with Crippen molar-refractivity contribution >= 4 is 5.78 Å². The summed E-state index contributed by atoms with van der Waals surface area (Å²) in [4.78, 5) is 12.4. The molecule has 0 aromatic heterocycles. The first-order valence-electron chi connectivity index (χ1n) is 13.8. The van der Waals surface area contributed by atoms with E-state index in [9.17, 15) is 4.79 Å². The predicted molar refractivity (Wildman–Crippen MR) is 128 cm³/mol. The van der Waals surface area contributed by atoms with E-state index in [1.807, 2.05) is 5.57 Å². The molecule has 6 aliphatic rings. The maximum absolute atomic E-state index is 12.4. The van der Waals surface area contributed by atoms with E-state index in [0.29, 0.717) is 29.3 Å². The number of ketones is 1. The van der Waals surface area contributed by atoms with E-state index in [0.717, 1.165) is 55.9 Å². The topological polar surface area (TPSA) is 38.3 Å². The van der Waals surface area contributed by atoms with E-state index in [1.165, 1.54) is 38.5 Å². The van der Waals surface area contributed by atoms with Crippen LogP contribution in [-0.2, 0) is 9.53 Å². The highest BCUT2D eigenvalue weighted by Crippen LogP contribution is 2.68. The van der Waals surface area contributed by atoms with Crippen molar-refractivity contribution in [2.24, 2.45) is 40.4 Å². The average molecular weight is 440 g/mol. The summed E-state index contributed by atoms with van der Waals surface area (Å²) in [6.45, 7) is 13.5. The Labute approximate surface area is 195 Å². The second-order valence-electron chi connectivity index (χ2n) is 13.6. The SMILES string of the molecule is CC1=C2CC3[C@@H](CC[C@]4(C)CC(=O)CC[C@]34C)C2CC[C@@]2(C1)O[C@@H]1C[C@H](C)CNC1[C@H]2C. The van der Waals surface area contributed by atoms with Gasteiger partial charge in [-0.3, -0.25) is 4.79 Å². The minimum Gasteiger partial charge on any atom is -0.369 e. The van der Waals surface area contributed by atoms with Crippen LogP contribution in [0.4, 0.5) is 0 Å². The Morgan fingerprint density at radius 2 is 1.88 bits per heavy atom. The Morgan fingerprint density at radius 3 is 2.69 bits per heavy atom. The molecule has 1 spiro atoms. The van der Waals surface area contributed by atoms with Gasteiger partial charge in [0.05, 0.1) is 11.7 Å². The Morgan fingerprint density at radius 1 is 1.06 bits per heavy atom. The molecule has 178 valence electrons. The van der Waals surface area contributed by atoms with Gasteiger partial charge in [0, 0.05) is 24.8 Å². The highest BCUT2D eigenvalue weighted by atomic mass is 16.5. The molecule has 10 atom stereocenters. The van der Waals surface area contributed by atoms with E-state index >= 15 is 0 Å². The Kier molecular flexibility index (Phi) is 4.89. The van der Waals surface area contributed by atoms with Crippen molar-refractivity contribution in [3.8, 4) is 0 Å². The molecule has 0 amide bonds. The molecule has 3 unspecified atom stereocenters. The normalized spacial score (nSPS) is 55.3. The first-order valence-corrected chi connectivity index (χ1v) is 13.8. The number of carbonyl (C=O) groups excluding carboxylic acids is 1. The van der Waals surface area contributed by atoms with Crippen molar-refractivity contribution < 1.29 is 9.53 Å². The van der Waals surface area contributed by atoms with Crippen LogP contribution in [0.3, 0.4) is 0 Å². The molecular formula is C29H45NO2. The molecule has 5 fully saturated rings. The molecule has 6 rings (SSSR count). The number of ether oxygens (including phenoxy) is 1. The summed E-state index contributed by atoms with van der Waals surface area (Å²) in [5, 5.41) is 3.86. The van der Waals surface area contributed by atoms with Gasteiger partial charge < -0.3 is 10.1 Å². The molecule has 2 heterocycles. The van der Waals surface area contributed by atoms with Gasteiger partial charge in [-0.05, 0) is 99.3 Å². The maximum atomic E-state index is 12.4. The lowest BCUT2D eigenvalue weighted by Gasteiger charge is -2.58. The number of carbonyl (C=O) groups is 1. The van der Waals surface area contributed by atoms with Gasteiger partial charge in [-0.1, -0.05) is 38.8 Å². The molecule has 4 aliphatic carbocycles. The molecule has 0 aromatic rings. The average Bonchev–Trinajstić information content (AvgIpc) is 3.19. The minimum atomic E-state index is 0.0493. The monoisotopic (exact) mass is 439 g/mol. The summed E-state index contributed by atoms with van der Waals surface area (Å²) in [5.74, 6) is 4.22. The summed E-state index contributed by atoms with van der Waals surface area (Å²) in [7, 11) is 0. The van der Waals surface area contributed by atoms with Crippen molar-refractivity contribution in [2.45, 2.75) is 117 Å². The second kappa shape index (κ2) is 7.17. The lowest BCUT2D eigenvalue weighted by Crippen LogP contribution is -2.52. The molecule has 3 heteroatoms. The number of hydrogen-bond acceptors (Lipinski definition) is 3. The number of allylic oxidation sites excluding steroid dienone is 1. The van der Waals surface area contributed by atoms with Crippen LogP contribution in [0.25, 0.3) is 0 Å². The highest BCUT2D eigenvalue weighted by molar-refractivity contribution is 5.80. The minimum absolute atomic E-state index is 0.0493. The molecule has 0 radical (unpaired) electrons. The number of Topliss-reactive ketones (excluding diaryl/α,β-unsaturated/α-hetero) is 1. The Balaban J connectivity index is 1.29. The van der Waals surface area contributed by atoms with Crippen molar-refractivity contribution in [3.63, 3.8) is 0 Å². The Bertz CT molecular complexity index is 848. The van der Waals surface area contributed by atoms with Crippen LogP contribution in [0.5, 0.6) is 0 Å². The molecule has 3 nitrogen and oxygen atoms in total. The second-order valence-corrected chi connectivity index (χ2v) is 13.6. The molecule has 1 N–H and O–H groups in total. The third-order valence-electron chi connectivity index (χ3n) is 12.1. The fourth-order valence-corrected chi connectivity index (χ4v) is 9.97. The highest BCUT2D eigenvalue weighted by Gasteiger charge is 2.62. The summed E-state index contributed by atoms with van der Waals surface area (Å²) < 4.78 is 7.03. The number of nitrogens with one attached hydrogen (secondary N) is 1. The van der Waals surface area contributed by atoms with E-state index in [1.54, 1.807) is 5.57 Å². The third-order valence-corrected chi connectivity index (χ3v) is 12.1. The van der Waals surface area contributed by atoms with Crippen LogP contribution < -0.4 is 5.32 Å². The zero-order valence-electron chi connectivity index (χ0n) is 21.1. The van der Waals surface area contributed by atoms with Gasteiger partial charge in [0.25, 0.3) is 0 Å². The van der Waals surface area contributed by atoms with Gasteiger partial charge in [0.2, 0.25) is 0 Å². The molecule has 3 saturated carbocycles. The van der Waals surface area contributed by atoms with E-state index < -0.39 is 0 Å². The Hall–Kier alpha value is -0.670. The molecule has 32 heavy (non-hydrogen) atoms. The van der Waals surface area contributed by atoms with Gasteiger partial charge in [-0.25, -0.2) is 0 Å². The number of fused-ring (bicyclic) bond motifs is 6. The van der Waals surface area contributed by atoms with Crippen molar-refractivity contribution in [1.82, 2.24) is 5.32 Å². The van der Waals surface area contributed by atoms with Crippen LogP contribution in [0, 0.1) is 40.4 Å². The van der Waals surface area contributed by atoms with Gasteiger partial charge in [0.15, 0.2) is 0 Å². The number of hydrogen-bond donors (Lipinski definition) is 1. The standard InChI is InChI=1S/C29H45NO2/c1-17-12-25-26(30-16-17)19(3)29(32-25)11-8-21-22-7-9-27(4)15-20(31)6-10-28(27,5)24(22)13-23(21)18(2)14-29/h17,19,21-22,24-26,30H,6-16H2,1-5H3/t17-,19+,21?,22-,24?,25+,26?,27+,28+,29-/m0/s1. The fourth-order valence-electron chi connectivity index (χ4n) is 9.97. The molecular weight excluding hydrogens is 394 g/mol. The lowest BCUT2D eigenvalue weighted by molar-refractivity contribution is -0.142. The first-order chi connectivity index (χ1) is 15.2. The van der Waals surface area contributed by atoms with Crippen LogP contribution in [0.15, 0.2) is 11.1 Å². The summed E-state index contributed by atoms with van der Waals surface area (Å²) in [6, 6.07) is 0.545. The zero-order chi connectivity index (χ0) is 22.5. The molecule has 2 saturated heterocycles. The van der Waals surface area contributed by atoms with Crippen LogP contribution in [0.2, 0.25) is 0 Å². The lowest BCUT2D eigenvalue weighted by atomic mass is 9.45. The maximum Gasteiger partial charge on any atom is 0.133 e. The number of piperidine rings is 1. The van der Waals surface area contributed by atoms with Gasteiger partial charge in [0.1, 0.15) is 5.78 Å². The molecule has 2 aliphatic heterocycles. The third kappa shape index (κ3) is 2.88. The van der Waals surface area contributed by atoms with Crippen LogP contribution in [-0.4, -0.2) is 30.1 Å². The van der Waals surface area contributed by atoms with Crippen LogP contribution in [0.1, 0.15) is 98.8 Å². The largest absolute Gasteiger partial charge is 0.369 e. The van der Waals surface area contributed by atoms with Crippen molar-refractivity contribution in [1.29, 1.82) is 0 Å². The van der Waals surface area contributed by atoms with Crippen molar-refractivity contribution in [2.75, 3.05) is 6.54 Å². The van der Waals surface area contributed by atoms with E-state index in [-0.39, 0.29) is 11.0 Å². The zero-order valence-corrected chi connectivity index (χ0v) is 21.1. The quantitative estimate of drug-likeness (QED) is 0.466. The summed E-state index contributed by atoms with van der Waals surface area (Å²) in [5.41, 5.74) is 4.09. The van der Waals surface area contributed by atoms with E-state index in [4.69, 9.17) is 4.74 Å². The smallest absolute Gasteiger partial charge is 0.133 e. The van der Waals surface area contributed by atoms with Gasteiger partial charge in [-0.15, -0.1) is 0 Å². The molecule has 0 bridgehead atoms. The van der Waals surface area contributed by atoms with Crippen molar-refractivity contribution in [3.05, 3.63) is 11.1 Å². The fraction of sp³-hybridized carbons (Fsp3) is 0.897. The van der Waals surface area contributed by atoms with Crippen LogP contribution >= 0.6 is 0 Å².